The van der Waals surface area contributed by atoms with Crippen LogP contribution in [0.4, 0.5) is 17.1 Å². The van der Waals surface area contributed by atoms with Crippen LogP contribution in [0.25, 0.3) is 0 Å². The van der Waals surface area contributed by atoms with Gasteiger partial charge in [-0.2, -0.15) is 35.3 Å². The Labute approximate surface area is 285 Å². The van der Waals surface area contributed by atoms with Crippen molar-refractivity contribution in [1.82, 2.24) is 0 Å². The van der Waals surface area contributed by atoms with Crippen molar-refractivity contribution in [3.63, 3.8) is 0 Å². The van der Waals surface area contributed by atoms with Crippen LogP contribution in [0.2, 0.25) is 0 Å². The smallest absolute Gasteiger partial charge is 0.241 e. The van der Waals surface area contributed by atoms with Crippen LogP contribution in [0.15, 0.2) is 72.8 Å². The molecule has 12 heteroatoms. The molecule has 248 valence electrons. The molecule has 0 aliphatic rings. The third kappa shape index (κ3) is 11.7. The molecule has 3 aromatic rings. The minimum absolute atomic E-state index is 0.171. The van der Waals surface area contributed by atoms with Gasteiger partial charge in [0.1, 0.15) is 0 Å². The second kappa shape index (κ2) is 19.6. The molecular formula is C34H46N6O3S3. The lowest BCUT2D eigenvalue weighted by Gasteiger charge is -2.21. The topological polar surface area (TPSA) is 165 Å². The van der Waals surface area contributed by atoms with Crippen LogP contribution in [-0.2, 0) is 14.4 Å². The van der Waals surface area contributed by atoms with E-state index >= 15 is 0 Å². The first-order chi connectivity index (χ1) is 22.2. The molecule has 46 heavy (non-hydrogen) atoms. The van der Waals surface area contributed by atoms with E-state index in [4.69, 9.17) is 17.2 Å². The summed E-state index contributed by atoms with van der Waals surface area (Å²) in [6.45, 7) is 0. The quantitative estimate of drug-likeness (QED) is 0.102. The molecule has 3 atom stereocenters. The molecule has 0 bridgehead atoms. The zero-order chi connectivity index (χ0) is 33.5. The first-order valence-electron chi connectivity index (χ1n) is 15.1. The Morgan fingerprint density at radius 1 is 0.500 bits per heavy atom. The lowest BCUT2D eigenvalue weighted by atomic mass is 9.85. The van der Waals surface area contributed by atoms with E-state index in [1.54, 1.807) is 35.3 Å². The highest BCUT2D eigenvalue weighted by molar-refractivity contribution is 7.98. The second-order valence-electron chi connectivity index (χ2n) is 10.9. The van der Waals surface area contributed by atoms with Crippen LogP contribution in [0.3, 0.4) is 0 Å². The highest BCUT2D eigenvalue weighted by Crippen LogP contribution is 2.34. The molecule has 0 aromatic heterocycles. The monoisotopic (exact) mass is 682 g/mol. The number of rotatable bonds is 18. The maximum absolute atomic E-state index is 12.6. The summed E-state index contributed by atoms with van der Waals surface area (Å²) in [5, 5.41) is 8.74. The summed E-state index contributed by atoms with van der Waals surface area (Å²) in [6, 6.07) is 21.4. The van der Waals surface area contributed by atoms with Gasteiger partial charge in [-0.25, -0.2) is 0 Å². The summed E-state index contributed by atoms with van der Waals surface area (Å²) in [7, 11) is 0. The van der Waals surface area contributed by atoms with Crippen molar-refractivity contribution in [2.75, 3.05) is 52.0 Å². The van der Waals surface area contributed by atoms with Gasteiger partial charge in [-0.3, -0.25) is 14.4 Å². The Morgan fingerprint density at radius 2 is 0.739 bits per heavy atom. The van der Waals surface area contributed by atoms with E-state index in [1.165, 1.54) is 0 Å². The number of hydrogen-bond donors (Lipinski definition) is 6. The highest BCUT2D eigenvalue weighted by atomic mass is 32.2. The largest absolute Gasteiger partial charge is 0.325 e. The molecular weight excluding hydrogens is 637 g/mol. The number of amides is 3. The van der Waals surface area contributed by atoms with Gasteiger partial charge in [0.05, 0.1) is 18.1 Å². The predicted molar refractivity (Wildman–Crippen MR) is 199 cm³/mol. The standard InChI is InChI=1S/C34H46N6O3S3/c1-44-19-16-28(35)32(41)38-25-10-4-22(5-11-25)31(23-6-12-26(13-7-23)39-33(42)29(36)17-20-45-2)24-8-14-27(15-9-24)40-34(43)30(37)18-21-46-3/h4-15,28-31H,16-21,35-37H2,1-3H3,(H,38,41)(H,39,42)(H,40,43)/t28-,29-,30-/m0/s1. The number of carbonyl (C=O) groups excluding carboxylic acids is 3. The van der Waals surface area contributed by atoms with Crippen molar-refractivity contribution < 1.29 is 14.4 Å². The number of anilines is 3. The van der Waals surface area contributed by atoms with Gasteiger partial charge in [0.25, 0.3) is 0 Å². The van der Waals surface area contributed by atoms with Crippen LogP contribution < -0.4 is 33.2 Å². The third-order valence-corrected chi connectivity index (χ3v) is 9.38. The third-order valence-electron chi connectivity index (χ3n) is 7.44. The molecule has 0 aliphatic carbocycles. The zero-order valence-electron chi connectivity index (χ0n) is 26.7. The molecule has 0 aliphatic heterocycles. The Bertz CT molecular complexity index is 1220. The van der Waals surface area contributed by atoms with Crippen molar-refractivity contribution in [3.05, 3.63) is 89.5 Å². The first-order valence-corrected chi connectivity index (χ1v) is 19.3. The van der Waals surface area contributed by atoms with Crippen molar-refractivity contribution in [2.24, 2.45) is 17.2 Å². The minimum Gasteiger partial charge on any atom is -0.325 e. The number of nitrogens with one attached hydrogen (secondary N) is 3. The zero-order valence-corrected chi connectivity index (χ0v) is 29.1. The van der Waals surface area contributed by atoms with Crippen molar-refractivity contribution in [2.45, 2.75) is 43.3 Å². The fraction of sp³-hybridized carbons (Fsp3) is 0.382. The predicted octanol–water partition coefficient (Wildman–Crippen LogP) is 4.92. The Balaban J connectivity index is 1.85. The number of carbonyl (C=O) groups is 3. The number of thioether (sulfide) groups is 3. The summed E-state index contributed by atoms with van der Waals surface area (Å²) in [5.74, 6) is 1.64. The number of benzene rings is 3. The summed E-state index contributed by atoms with van der Waals surface area (Å²) < 4.78 is 0. The molecule has 0 radical (unpaired) electrons. The Hall–Kier alpha value is -3.00. The van der Waals surface area contributed by atoms with Crippen LogP contribution in [0.5, 0.6) is 0 Å². The van der Waals surface area contributed by atoms with E-state index in [0.717, 1.165) is 33.9 Å². The fourth-order valence-corrected chi connectivity index (χ4v) is 6.16. The summed E-state index contributed by atoms with van der Waals surface area (Å²) >= 11 is 4.97. The van der Waals surface area contributed by atoms with Crippen molar-refractivity contribution in [1.29, 1.82) is 0 Å². The van der Waals surface area contributed by atoms with Crippen LogP contribution in [0, 0.1) is 0 Å². The fourth-order valence-electron chi connectivity index (χ4n) is 4.69. The Morgan fingerprint density at radius 3 is 0.957 bits per heavy atom. The number of nitrogens with two attached hydrogens (primary N) is 3. The Kier molecular flexibility index (Phi) is 16.0. The molecule has 9 nitrogen and oxygen atoms in total. The second-order valence-corrected chi connectivity index (χ2v) is 13.9. The summed E-state index contributed by atoms with van der Waals surface area (Å²) in [4.78, 5) is 37.7. The molecule has 3 rings (SSSR count). The normalized spacial score (nSPS) is 13.1. The maximum atomic E-state index is 12.6. The highest BCUT2D eigenvalue weighted by Gasteiger charge is 2.20. The van der Waals surface area contributed by atoms with Gasteiger partial charge in [0, 0.05) is 23.0 Å². The van der Waals surface area contributed by atoms with E-state index in [-0.39, 0.29) is 23.6 Å². The lowest BCUT2D eigenvalue weighted by molar-refractivity contribution is -0.118. The molecule has 0 unspecified atom stereocenters. The van der Waals surface area contributed by atoms with Gasteiger partial charge in [-0.15, -0.1) is 0 Å². The molecule has 0 saturated carbocycles. The maximum Gasteiger partial charge on any atom is 0.241 e. The molecule has 0 spiro atoms. The van der Waals surface area contributed by atoms with Crippen LogP contribution in [0.1, 0.15) is 41.9 Å². The molecule has 0 heterocycles. The first kappa shape index (κ1) is 37.5. The van der Waals surface area contributed by atoms with Gasteiger partial charge in [-0.1, -0.05) is 36.4 Å². The van der Waals surface area contributed by atoms with Crippen molar-refractivity contribution in [3.8, 4) is 0 Å². The van der Waals surface area contributed by atoms with E-state index in [2.05, 4.69) is 16.0 Å². The number of hydrogen-bond acceptors (Lipinski definition) is 9. The van der Waals surface area contributed by atoms with Crippen LogP contribution >= 0.6 is 35.3 Å². The van der Waals surface area contributed by atoms with Gasteiger partial charge in [0.2, 0.25) is 17.7 Å². The summed E-state index contributed by atoms with van der Waals surface area (Å²) in [6.07, 6.45) is 7.77. The molecule has 0 fully saturated rings. The molecule has 3 amide bonds. The molecule has 3 aromatic carbocycles. The van der Waals surface area contributed by atoms with Crippen molar-refractivity contribution >= 4 is 70.1 Å². The average Bonchev–Trinajstić information content (AvgIpc) is 3.07. The summed E-state index contributed by atoms with van der Waals surface area (Å²) in [5.41, 5.74) is 23.1. The minimum atomic E-state index is -0.571. The van der Waals surface area contributed by atoms with E-state index < -0.39 is 18.1 Å². The van der Waals surface area contributed by atoms with Crippen LogP contribution in [-0.4, -0.2) is 71.9 Å². The van der Waals surface area contributed by atoms with Gasteiger partial charge < -0.3 is 33.2 Å². The lowest BCUT2D eigenvalue weighted by Crippen LogP contribution is -2.36. The van der Waals surface area contributed by atoms with Gasteiger partial charge in [0.15, 0.2) is 0 Å². The molecule has 9 N–H and O–H groups in total. The van der Waals surface area contributed by atoms with E-state index in [1.807, 2.05) is 91.6 Å². The van der Waals surface area contributed by atoms with Gasteiger partial charge >= 0.3 is 0 Å². The van der Waals surface area contributed by atoms with Gasteiger partial charge in [-0.05, 0) is 108 Å². The SMILES string of the molecule is CSCC[C@H](N)C(=O)Nc1ccc(C(c2ccc(NC(=O)[C@@H](N)CCSC)cc2)c2ccc(NC(=O)[C@@H](N)CCSC)cc2)cc1. The molecule has 0 saturated heterocycles. The average molecular weight is 683 g/mol. The van der Waals surface area contributed by atoms with E-state index in [9.17, 15) is 14.4 Å². The van der Waals surface area contributed by atoms with E-state index in [0.29, 0.717) is 36.3 Å².